The van der Waals surface area contributed by atoms with Crippen molar-refractivity contribution in [3.63, 3.8) is 0 Å². The normalized spacial score (nSPS) is 13.0. The standard InChI is InChI=1S/C25H24N2O5S/c1-16(24(28)26-19-9-10-22-23(15-19)32-12-11-31-22)33-21-8-4-6-18(14-21)27-25(29)17-5-3-7-20(13-17)30-2/h3-10,13-16H,11-12H2,1-2H3,(H,26,28)(H,27,29). The van der Waals surface area contributed by atoms with Crippen LogP contribution in [0.2, 0.25) is 0 Å². The van der Waals surface area contributed by atoms with Crippen molar-refractivity contribution >= 4 is 35.0 Å². The molecule has 2 N–H and O–H groups in total. The Balaban J connectivity index is 1.37. The van der Waals surface area contributed by atoms with Gasteiger partial charge in [0.15, 0.2) is 11.5 Å². The van der Waals surface area contributed by atoms with Crippen molar-refractivity contribution in [2.45, 2.75) is 17.1 Å². The molecule has 0 saturated heterocycles. The molecule has 33 heavy (non-hydrogen) atoms. The molecule has 1 aliphatic rings. The van der Waals surface area contributed by atoms with Crippen molar-refractivity contribution in [2.24, 2.45) is 0 Å². The van der Waals surface area contributed by atoms with Crippen LogP contribution in [-0.2, 0) is 4.79 Å². The average molecular weight is 465 g/mol. The number of fused-ring (bicyclic) bond motifs is 1. The molecule has 7 nitrogen and oxygen atoms in total. The molecule has 0 spiro atoms. The van der Waals surface area contributed by atoms with Gasteiger partial charge < -0.3 is 24.8 Å². The van der Waals surface area contributed by atoms with Crippen LogP contribution in [0.1, 0.15) is 17.3 Å². The van der Waals surface area contributed by atoms with Crippen molar-refractivity contribution in [2.75, 3.05) is 31.0 Å². The molecule has 0 aliphatic carbocycles. The molecule has 3 aromatic rings. The Kier molecular flexibility index (Phi) is 7.04. The second-order valence-electron chi connectivity index (χ2n) is 7.32. The van der Waals surface area contributed by atoms with Crippen molar-refractivity contribution < 1.29 is 23.8 Å². The van der Waals surface area contributed by atoms with Gasteiger partial charge in [-0.25, -0.2) is 0 Å². The zero-order valence-electron chi connectivity index (χ0n) is 18.3. The highest BCUT2D eigenvalue weighted by molar-refractivity contribution is 8.00. The molecule has 0 radical (unpaired) electrons. The van der Waals surface area contributed by atoms with Crippen LogP contribution in [0.15, 0.2) is 71.6 Å². The quantitative estimate of drug-likeness (QED) is 0.487. The molecule has 4 rings (SSSR count). The summed E-state index contributed by atoms with van der Waals surface area (Å²) in [4.78, 5) is 26.1. The number of methoxy groups -OCH3 is 1. The third-order valence-electron chi connectivity index (χ3n) is 4.92. The average Bonchev–Trinajstić information content (AvgIpc) is 2.84. The minimum absolute atomic E-state index is 0.137. The molecule has 0 saturated carbocycles. The van der Waals surface area contributed by atoms with E-state index in [1.54, 1.807) is 49.6 Å². The number of benzene rings is 3. The smallest absolute Gasteiger partial charge is 0.255 e. The van der Waals surface area contributed by atoms with Gasteiger partial charge >= 0.3 is 0 Å². The first kappa shape index (κ1) is 22.5. The Morgan fingerprint density at radius 1 is 0.909 bits per heavy atom. The minimum atomic E-state index is -0.359. The molecule has 0 bridgehead atoms. The van der Waals surface area contributed by atoms with Gasteiger partial charge in [0.1, 0.15) is 19.0 Å². The highest BCUT2D eigenvalue weighted by Crippen LogP contribution is 2.33. The molecule has 1 unspecified atom stereocenters. The summed E-state index contributed by atoms with van der Waals surface area (Å²) in [6.45, 7) is 2.84. The topological polar surface area (TPSA) is 85.9 Å². The Hall–Kier alpha value is -3.65. The first-order chi connectivity index (χ1) is 16.0. The maximum absolute atomic E-state index is 12.7. The Morgan fingerprint density at radius 3 is 2.48 bits per heavy atom. The SMILES string of the molecule is COc1cccc(C(=O)Nc2cccc(SC(C)C(=O)Nc3ccc4c(c3)OCCO4)c2)c1. The van der Waals surface area contributed by atoms with Gasteiger partial charge in [0.25, 0.3) is 5.91 Å². The van der Waals surface area contributed by atoms with E-state index in [9.17, 15) is 9.59 Å². The van der Waals surface area contributed by atoms with Crippen molar-refractivity contribution in [1.29, 1.82) is 0 Å². The molecule has 8 heteroatoms. The Bertz CT molecular complexity index is 1170. The van der Waals surface area contributed by atoms with E-state index in [0.717, 1.165) is 4.90 Å². The lowest BCUT2D eigenvalue weighted by Crippen LogP contribution is -2.22. The van der Waals surface area contributed by atoms with E-state index in [2.05, 4.69) is 10.6 Å². The van der Waals surface area contributed by atoms with Crippen molar-refractivity contribution in [1.82, 2.24) is 0 Å². The van der Waals surface area contributed by atoms with Gasteiger partial charge in [-0.2, -0.15) is 0 Å². The fourth-order valence-electron chi connectivity index (χ4n) is 3.24. The number of anilines is 2. The molecule has 1 heterocycles. The van der Waals surface area contributed by atoms with Crippen LogP contribution >= 0.6 is 11.8 Å². The zero-order chi connectivity index (χ0) is 23.2. The number of hydrogen-bond donors (Lipinski definition) is 2. The van der Waals surface area contributed by atoms with Crippen LogP contribution < -0.4 is 24.8 Å². The summed E-state index contributed by atoms with van der Waals surface area (Å²) in [5.41, 5.74) is 1.79. The molecule has 1 aliphatic heterocycles. The maximum atomic E-state index is 12.7. The van der Waals surface area contributed by atoms with E-state index >= 15 is 0 Å². The fourth-order valence-corrected chi connectivity index (χ4v) is 4.16. The van der Waals surface area contributed by atoms with Crippen LogP contribution in [0.25, 0.3) is 0 Å². The molecule has 2 amide bonds. The lowest BCUT2D eigenvalue weighted by molar-refractivity contribution is -0.115. The van der Waals surface area contributed by atoms with Crippen LogP contribution in [-0.4, -0.2) is 37.4 Å². The van der Waals surface area contributed by atoms with Crippen LogP contribution in [0.3, 0.4) is 0 Å². The van der Waals surface area contributed by atoms with Crippen LogP contribution in [0.5, 0.6) is 17.2 Å². The van der Waals surface area contributed by atoms with Gasteiger partial charge in [-0.1, -0.05) is 12.1 Å². The second kappa shape index (κ2) is 10.3. The molecule has 0 aromatic heterocycles. The predicted octanol–water partition coefficient (Wildman–Crippen LogP) is 4.84. The van der Waals surface area contributed by atoms with Crippen LogP contribution in [0, 0.1) is 0 Å². The highest BCUT2D eigenvalue weighted by atomic mass is 32.2. The number of rotatable bonds is 7. The van der Waals surface area contributed by atoms with Crippen molar-refractivity contribution in [3.8, 4) is 17.2 Å². The monoisotopic (exact) mass is 464 g/mol. The number of carbonyl (C=O) groups is 2. The third kappa shape index (κ3) is 5.78. The van der Waals surface area contributed by atoms with Gasteiger partial charge in [-0.3, -0.25) is 9.59 Å². The summed E-state index contributed by atoms with van der Waals surface area (Å²) in [6.07, 6.45) is 0. The first-order valence-electron chi connectivity index (χ1n) is 10.4. The number of amides is 2. The largest absolute Gasteiger partial charge is 0.497 e. The summed E-state index contributed by atoms with van der Waals surface area (Å²) in [5.74, 6) is 1.54. The van der Waals surface area contributed by atoms with E-state index in [0.29, 0.717) is 47.4 Å². The number of thioether (sulfide) groups is 1. The summed E-state index contributed by atoms with van der Waals surface area (Å²) in [5, 5.41) is 5.44. The van der Waals surface area contributed by atoms with Crippen LogP contribution in [0.4, 0.5) is 11.4 Å². The summed E-state index contributed by atoms with van der Waals surface area (Å²) in [6, 6.07) is 19.7. The third-order valence-corrected chi connectivity index (χ3v) is 6.01. The van der Waals surface area contributed by atoms with E-state index in [-0.39, 0.29) is 17.1 Å². The van der Waals surface area contributed by atoms with Gasteiger partial charge in [-0.05, 0) is 55.5 Å². The van der Waals surface area contributed by atoms with E-state index in [1.807, 2.05) is 31.2 Å². The molecule has 170 valence electrons. The number of ether oxygens (including phenoxy) is 3. The minimum Gasteiger partial charge on any atom is -0.497 e. The van der Waals surface area contributed by atoms with Gasteiger partial charge in [0.2, 0.25) is 5.91 Å². The lowest BCUT2D eigenvalue weighted by atomic mass is 10.2. The summed E-state index contributed by atoms with van der Waals surface area (Å²) in [7, 11) is 1.56. The number of carbonyl (C=O) groups excluding carboxylic acids is 2. The highest BCUT2D eigenvalue weighted by Gasteiger charge is 2.17. The van der Waals surface area contributed by atoms with Gasteiger partial charge in [0, 0.05) is 27.9 Å². The second-order valence-corrected chi connectivity index (χ2v) is 8.74. The fraction of sp³-hybridized carbons (Fsp3) is 0.200. The molecular formula is C25H24N2O5S. The van der Waals surface area contributed by atoms with E-state index in [1.165, 1.54) is 11.8 Å². The molecule has 3 aromatic carbocycles. The predicted molar refractivity (Wildman–Crippen MR) is 129 cm³/mol. The molecule has 1 atom stereocenters. The molecular weight excluding hydrogens is 440 g/mol. The first-order valence-corrected chi connectivity index (χ1v) is 11.3. The summed E-state index contributed by atoms with van der Waals surface area (Å²) < 4.78 is 16.3. The summed E-state index contributed by atoms with van der Waals surface area (Å²) >= 11 is 1.40. The van der Waals surface area contributed by atoms with Gasteiger partial charge in [-0.15, -0.1) is 11.8 Å². The zero-order valence-corrected chi connectivity index (χ0v) is 19.1. The maximum Gasteiger partial charge on any atom is 0.255 e. The Morgan fingerprint density at radius 2 is 1.67 bits per heavy atom. The number of nitrogens with one attached hydrogen (secondary N) is 2. The van der Waals surface area contributed by atoms with E-state index < -0.39 is 0 Å². The van der Waals surface area contributed by atoms with Gasteiger partial charge in [0.05, 0.1) is 12.4 Å². The van der Waals surface area contributed by atoms with Crippen molar-refractivity contribution in [3.05, 3.63) is 72.3 Å². The van der Waals surface area contributed by atoms with E-state index in [4.69, 9.17) is 14.2 Å². The number of hydrogen-bond acceptors (Lipinski definition) is 6. The molecule has 0 fully saturated rings. The lowest BCUT2D eigenvalue weighted by Gasteiger charge is -2.19. The Labute approximate surface area is 196 Å².